The summed E-state index contributed by atoms with van der Waals surface area (Å²) in [5.41, 5.74) is 7.28. The maximum absolute atomic E-state index is 11.9. The van der Waals surface area contributed by atoms with E-state index in [0.29, 0.717) is 38.8 Å². The Labute approximate surface area is 150 Å². The Morgan fingerprint density at radius 2 is 1.16 bits per heavy atom. The summed E-state index contributed by atoms with van der Waals surface area (Å²) in [6.07, 6.45) is -1.20. The van der Waals surface area contributed by atoms with Crippen LogP contribution in [-0.4, -0.2) is 20.1 Å². The lowest BCUT2D eigenvalue weighted by Gasteiger charge is -2.03. The van der Waals surface area contributed by atoms with E-state index in [0.717, 1.165) is 11.1 Å². The molecule has 0 saturated heterocycles. The molecular formula is C19H34F4N2. The second-order valence-corrected chi connectivity index (χ2v) is 5.32. The Hall–Kier alpha value is -1.40. The van der Waals surface area contributed by atoms with Gasteiger partial charge < -0.3 is 11.1 Å². The Bertz CT molecular complexity index is 433. The van der Waals surface area contributed by atoms with Gasteiger partial charge in [-0.05, 0) is 57.7 Å². The molecule has 0 radical (unpaired) electrons. The van der Waals surface area contributed by atoms with Crippen molar-refractivity contribution in [1.29, 1.82) is 0 Å². The minimum absolute atomic E-state index is 0.125. The first-order valence-corrected chi connectivity index (χ1v) is 8.35. The third kappa shape index (κ3) is 20.6. The Morgan fingerprint density at radius 1 is 0.800 bits per heavy atom. The molecule has 0 atom stereocenters. The highest BCUT2D eigenvalue weighted by Crippen LogP contribution is 2.15. The lowest BCUT2D eigenvalue weighted by Crippen LogP contribution is -2.09. The monoisotopic (exact) mass is 366 g/mol. The fraction of sp³-hybridized carbons (Fsp3) is 0.579. The van der Waals surface area contributed by atoms with Crippen LogP contribution in [-0.2, 0) is 0 Å². The highest BCUT2D eigenvalue weighted by Gasteiger charge is 2.01. The number of likely N-dealkylation sites (N-methyl/N-ethyl adjacent to an activating group) is 1. The number of rotatable bonds is 9. The van der Waals surface area contributed by atoms with E-state index in [-0.39, 0.29) is 11.1 Å². The highest BCUT2D eigenvalue weighted by atomic mass is 19.3. The quantitative estimate of drug-likeness (QED) is 0.377. The molecule has 25 heavy (non-hydrogen) atoms. The molecule has 0 heterocycles. The molecule has 0 aliphatic heterocycles. The molecule has 0 saturated carbocycles. The molecule has 0 unspecified atom stereocenters. The third-order valence-corrected chi connectivity index (χ3v) is 3.07. The van der Waals surface area contributed by atoms with Crippen LogP contribution in [0, 0.1) is 0 Å². The standard InChI is InChI=1S/C9H15F2N.C8H13F2N.C2H6/c1-7(6-12-3)4-5-8(2)9(10)11;1-6(5-11)3-4-7(2)8(9)10;1-2/h12H,1,4-6H2,2-3H3;1,3-5,11H2,2H3;1-2H3. The normalized spacial score (nSPS) is 9.04. The zero-order valence-corrected chi connectivity index (χ0v) is 16.2. The maximum Gasteiger partial charge on any atom is 0.269 e. The van der Waals surface area contributed by atoms with E-state index in [1.807, 2.05) is 20.9 Å². The summed E-state index contributed by atoms with van der Waals surface area (Å²) in [7, 11) is 1.81. The first kappa shape index (κ1) is 28.4. The van der Waals surface area contributed by atoms with Crippen LogP contribution < -0.4 is 11.1 Å². The smallest absolute Gasteiger partial charge is 0.269 e. The van der Waals surface area contributed by atoms with Gasteiger partial charge in [-0.25, -0.2) is 0 Å². The molecule has 2 nitrogen and oxygen atoms in total. The average Bonchev–Trinajstić information content (AvgIpc) is 2.59. The number of hydrogen-bond acceptors (Lipinski definition) is 2. The average molecular weight is 366 g/mol. The first-order valence-electron chi connectivity index (χ1n) is 8.35. The van der Waals surface area contributed by atoms with Crippen LogP contribution in [0.3, 0.4) is 0 Å². The Balaban J connectivity index is -0.000000353. The van der Waals surface area contributed by atoms with Crippen LogP contribution in [0.15, 0.2) is 47.6 Å². The number of nitrogens with one attached hydrogen (secondary N) is 1. The predicted molar refractivity (Wildman–Crippen MR) is 101 cm³/mol. The van der Waals surface area contributed by atoms with Gasteiger partial charge in [0.05, 0.1) is 0 Å². The summed E-state index contributed by atoms with van der Waals surface area (Å²) in [5.74, 6) is 0. The van der Waals surface area contributed by atoms with E-state index in [1.165, 1.54) is 13.8 Å². The molecule has 0 amide bonds. The summed E-state index contributed by atoms with van der Waals surface area (Å²) in [6, 6.07) is 0. The highest BCUT2D eigenvalue weighted by molar-refractivity contribution is 5.05. The van der Waals surface area contributed by atoms with Crippen molar-refractivity contribution in [3.8, 4) is 0 Å². The zero-order valence-electron chi connectivity index (χ0n) is 16.2. The van der Waals surface area contributed by atoms with Gasteiger partial charge in [0.15, 0.2) is 0 Å². The molecule has 0 aliphatic rings. The van der Waals surface area contributed by atoms with E-state index >= 15 is 0 Å². The van der Waals surface area contributed by atoms with Gasteiger partial charge in [-0.15, -0.1) is 0 Å². The van der Waals surface area contributed by atoms with E-state index < -0.39 is 12.2 Å². The molecule has 0 aromatic carbocycles. The van der Waals surface area contributed by atoms with Crippen molar-refractivity contribution >= 4 is 0 Å². The van der Waals surface area contributed by atoms with Gasteiger partial charge in [0, 0.05) is 13.1 Å². The van der Waals surface area contributed by atoms with Crippen LogP contribution in [0.2, 0.25) is 0 Å². The van der Waals surface area contributed by atoms with Gasteiger partial charge in [-0.3, -0.25) is 0 Å². The number of allylic oxidation sites excluding steroid dienone is 2. The maximum atomic E-state index is 11.9. The molecule has 0 bridgehead atoms. The van der Waals surface area contributed by atoms with Crippen molar-refractivity contribution < 1.29 is 17.6 Å². The van der Waals surface area contributed by atoms with Crippen molar-refractivity contribution in [2.45, 2.75) is 53.4 Å². The van der Waals surface area contributed by atoms with Gasteiger partial charge in [0.25, 0.3) is 12.2 Å². The second kappa shape index (κ2) is 18.9. The Morgan fingerprint density at radius 3 is 1.44 bits per heavy atom. The van der Waals surface area contributed by atoms with Gasteiger partial charge in [-0.1, -0.05) is 38.2 Å². The third-order valence-electron chi connectivity index (χ3n) is 3.07. The largest absolute Gasteiger partial charge is 0.327 e. The van der Waals surface area contributed by atoms with E-state index in [1.54, 1.807) is 0 Å². The van der Waals surface area contributed by atoms with Crippen LogP contribution >= 0.6 is 0 Å². The minimum Gasteiger partial charge on any atom is -0.327 e. The minimum atomic E-state index is -1.59. The van der Waals surface area contributed by atoms with Crippen molar-refractivity contribution in [1.82, 2.24) is 5.32 Å². The lowest BCUT2D eigenvalue weighted by molar-refractivity contribution is 0.407. The first-order chi connectivity index (χ1) is 11.6. The number of hydrogen-bond donors (Lipinski definition) is 2. The van der Waals surface area contributed by atoms with Crippen LogP contribution in [0.1, 0.15) is 53.4 Å². The molecule has 0 rings (SSSR count). The molecule has 0 fully saturated rings. The topological polar surface area (TPSA) is 38.0 Å². The van der Waals surface area contributed by atoms with E-state index in [9.17, 15) is 17.6 Å². The van der Waals surface area contributed by atoms with Crippen molar-refractivity contribution in [2.24, 2.45) is 5.73 Å². The van der Waals surface area contributed by atoms with E-state index in [4.69, 9.17) is 5.73 Å². The summed E-state index contributed by atoms with van der Waals surface area (Å²) in [4.78, 5) is 0. The lowest BCUT2D eigenvalue weighted by atomic mass is 10.1. The van der Waals surface area contributed by atoms with Crippen LogP contribution in [0.5, 0.6) is 0 Å². The predicted octanol–water partition coefficient (Wildman–Crippen LogP) is 6.19. The van der Waals surface area contributed by atoms with Gasteiger partial charge in [0.2, 0.25) is 0 Å². The fourth-order valence-corrected chi connectivity index (χ4v) is 1.36. The molecule has 0 aromatic heterocycles. The van der Waals surface area contributed by atoms with Crippen molar-refractivity contribution in [3.63, 3.8) is 0 Å². The summed E-state index contributed by atoms with van der Waals surface area (Å²) in [5, 5.41) is 2.92. The van der Waals surface area contributed by atoms with Gasteiger partial charge in [0.1, 0.15) is 0 Å². The van der Waals surface area contributed by atoms with Gasteiger partial charge >= 0.3 is 0 Å². The summed E-state index contributed by atoms with van der Waals surface area (Å²) < 4.78 is 47.4. The molecule has 0 spiro atoms. The summed E-state index contributed by atoms with van der Waals surface area (Å²) >= 11 is 0. The number of halogens is 4. The molecule has 0 aliphatic carbocycles. The van der Waals surface area contributed by atoms with Gasteiger partial charge in [-0.2, -0.15) is 17.6 Å². The van der Waals surface area contributed by atoms with Crippen molar-refractivity contribution in [3.05, 3.63) is 47.6 Å². The molecule has 0 aromatic rings. The van der Waals surface area contributed by atoms with Crippen LogP contribution in [0.25, 0.3) is 0 Å². The van der Waals surface area contributed by atoms with Crippen LogP contribution in [0.4, 0.5) is 17.6 Å². The molecule has 6 heteroatoms. The molecular weight excluding hydrogens is 332 g/mol. The number of nitrogens with two attached hydrogens (primary N) is 1. The fourth-order valence-electron chi connectivity index (χ4n) is 1.36. The van der Waals surface area contributed by atoms with E-state index in [2.05, 4.69) is 18.5 Å². The molecule has 148 valence electrons. The summed E-state index contributed by atoms with van der Waals surface area (Å²) in [6.45, 7) is 15.3. The molecule has 3 N–H and O–H groups in total. The SMILES string of the molecule is C=C(CCC(C)=C(F)F)CNC.C=C(CN)CCC(C)=C(F)F.CC. The second-order valence-electron chi connectivity index (χ2n) is 5.32. The van der Waals surface area contributed by atoms with Crippen molar-refractivity contribution in [2.75, 3.05) is 20.1 Å². The zero-order chi connectivity index (χ0) is 20.4. The Kier molecular flexibility index (Phi) is 21.5.